The molecule has 0 saturated heterocycles. The summed E-state index contributed by atoms with van der Waals surface area (Å²) in [5, 5.41) is 13.9. The highest BCUT2D eigenvalue weighted by Gasteiger charge is 2.30. The summed E-state index contributed by atoms with van der Waals surface area (Å²) >= 11 is 5.92. The molecule has 1 aromatic rings. The highest BCUT2D eigenvalue weighted by Crippen LogP contribution is 2.37. The molecule has 2 rings (SSSR count). The first-order valence-electron chi connectivity index (χ1n) is 6.17. The number of hydrogen-bond donors (Lipinski definition) is 2. The van der Waals surface area contributed by atoms with Gasteiger partial charge in [0.25, 0.3) is 0 Å². The number of nitrogens with one attached hydrogen (secondary N) is 1. The molecule has 0 aliphatic heterocycles. The van der Waals surface area contributed by atoms with Gasteiger partial charge < -0.3 is 10.4 Å². The van der Waals surface area contributed by atoms with Crippen LogP contribution < -0.4 is 5.32 Å². The van der Waals surface area contributed by atoms with Gasteiger partial charge in [-0.05, 0) is 42.9 Å². The monoisotopic (exact) mass is 253 g/mol. The van der Waals surface area contributed by atoms with Crippen LogP contribution in [0, 0.1) is 5.41 Å². The van der Waals surface area contributed by atoms with Gasteiger partial charge in [0.2, 0.25) is 0 Å². The molecule has 1 aliphatic rings. The maximum Gasteiger partial charge on any atom is 0.120 e. The van der Waals surface area contributed by atoms with Crippen LogP contribution in [0.25, 0.3) is 0 Å². The second-order valence-corrected chi connectivity index (χ2v) is 6.19. The Morgan fingerprint density at radius 2 is 2.24 bits per heavy atom. The van der Waals surface area contributed by atoms with Crippen molar-refractivity contribution in [3.63, 3.8) is 0 Å². The van der Waals surface area contributed by atoms with Gasteiger partial charge in [-0.2, -0.15) is 0 Å². The maximum absolute atomic E-state index is 9.71. The molecule has 3 heteroatoms. The van der Waals surface area contributed by atoms with Crippen molar-refractivity contribution < 1.29 is 5.11 Å². The number of phenols is 1. The third kappa shape index (κ3) is 3.36. The lowest BCUT2D eigenvalue weighted by Crippen LogP contribution is -2.26. The topological polar surface area (TPSA) is 32.3 Å². The Morgan fingerprint density at radius 1 is 1.47 bits per heavy atom. The molecule has 0 spiro atoms. The van der Waals surface area contributed by atoms with E-state index in [1.807, 2.05) is 6.07 Å². The van der Waals surface area contributed by atoms with Crippen LogP contribution in [0.2, 0.25) is 5.02 Å². The molecule has 0 amide bonds. The molecular formula is C14H20ClNO. The predicted octanol–water partition coefficient (Wildman–Crippen LogP) is 3.71. The fraction of sp³-hybridized carbons (Fsp3) is 0.571. The van der Waals surface area contributed by atoms with Gasteiger partial charge in [-0.15, -0.1) is 0 Å². The molecule has 1 fully saturated rings. The van der Waals surface area contributed by atoms with Gasteiger partial charge in [-0.25, -0.2) is 0 Å². The summed E-state index contributed by atoms with van der Waals surface area (Å²) in [6.45, 7) is 5.31. The molecule has 1 aliphatic carbocycles. The molecule has 1 aromatic carbocycles. The largest absolute Gasteiger partial charge is 0.508 e. The van der Waals surface area contributed by atoms with Crippen LogP contribution in [-0.4, -0.2) is 11.1 Å². The van der Waals surface area contributed by atoms with Crippen LogP contribution in [0.3, 0.4) is 0 Å². The standard InChI is InChI=1S/C14H20ClNO/c1-14(2)6-5-12(8-14)16-9-10-7-11(15)3-4-13(10)17/h3-4,7,12,16-17H,5-6,8-9H2,1-2H3. The van der Waals surface area contributed by atoms with E-state index in [0.29, 0.717) is 28.8 Å². The summed E-state index contributed by atoms with van der Waals surface area (Å²) < 4.78 is 0. The van der Waals surface area contributed by atoms with Crippen molar-refractivity contribution in [2.75, 3.05) is 0 Å². The summed E-state index contributed by atoms with van der Waals surface area (Å²) in [5.74, 6) is 0.319. The molecule has 1 saturated carbocycles. The van der Waals surface area contributed by atoms with E-state index >= 15 is 0 Å². The molecule has 0 aromatic heterocycles. The Kier molecular flexibility index (Phi) is 3.64. The summed E-state index contributed by atoms with van der Waals surface area (Å²) in [6.07, 6.45) is 3.69. The zero-order chi connectivity index (χ0) is 12.5. The van der Waals surface area contributed by atoms with Crippen LogP contribution in [-0.2, 0) is 6.54 Å². The molecule has 2 N–H and O–H groups in total. The SMILES string of the molecule is CC1(C)CCC(NCc2cc(Cl)ccc2O)C1. The number of benzene rings is 1. The quantitative estimate of drug-likeness (QED) is 0.861. The molecule has 2 nitrogen and oxygen atoms in total. The molecule has 94 valence electrons. The van der Waals surface area contributed by atoms with Crippen LogP contribution in [0.15, 0.2) is 18.2 Å². The van der Waals surface area contributed by atoms with Crippen molar-refractivity contribution in [1.29, 1.82) is 0 Å². The van der Waals surface area contributed by atoms with Crippen molar-refractivity contribution in [2.24, 2.45) is 5.41 Å². The Hall–Kier alpha value is -0.730. The lowest BCUT2D eigenvalue weighted by atomic mass is 9.92. The van der Waals surface area contributed by atoms with Crippen LogP contribution in [0.5, 0.6) is 5.75 Å². The van der Waals surface area contributed by atoms with Crippen LogP contribution >= 0.6 is 11.6 Å². The second-order valence-electron chi connectivity index (χ2n) is 5.76. The molecule has 1 unspecified atom stereocenters. The highest BCUT2D eigenvalue weighted by atomic mass is 35.5. The molecule has 1 atom stereocenters. The minimum Gasteiger partial charge on any atom is -0.508 e. The third-order valence-electron chi connectivity index (χ3n) is 3.59. The zero-order valence-electron chi connectivity index (χ0n) is 10.5. The van der Waals surface area contributed by atoms with Crippen molar-refractivity contribution >= 4 is 11.6 Å². The summed E-state index contributed by atoms with van der Waals surface area (Å²) in [7, 11) is 0. The summed E-state index contributed by atoms with van der Waals surface area (Å²) in [5.41, 5.74) is 1.33. The first-order chi connectivity index (χ1) is 7.96. The number of rotatable bonds is 3. The van der Waals surface area contributed by atoms with E-state index in [1.54, 1.807) is 12.1 Å². The van der Waals surface area contributed by atoms with E-state index in [2.05, 4.69) is 19.2 Å². The summed E-state index contributed by atoms with van der Waals surface area (Å²) in [6, 6.07) is 5.74. The second kappa shape index (κ2) is 4.87. The van der Waals surface area contributed by atoms with Crippen molar-refractivity contribution in [3.05, 3.63) is 28.8 Å². The number of halogens is 1. The molecule has 0 heterocycles. The van der Waals surface area contributed by atoms with Crippen molar-refractivity contribution in [1.82, 2.24) is 5.32 Å². The lowest BCUT2D eigenvalue weighted by Gasteiger charge is -2.18. The van der Waals surface area contributed by atoms with E-state index in [4.69, 9.17) is 11.6 Å². The first kappa shape index (κ1) is 12.7. The van der Waals surface area contributed by atoms with Crippen LogP contribution in [0.1, 0.15) is 38.7 Å². The minimum absolute atomic E-state index is 0.319. The number of hydrogen-bond acceptors (Lipinski definition) is 2. The molecule has 0 bridgehead atoms. The van der Waals surface area contributed by atoms with Gasteiger partial charge in [-0.3, -0.25) is 0 Å². The Labute approximate surface area is 108 Å². The van der Waals surface area contributed by atoms with E-state index < -0.39 is 0 Å². The van der Waals surface area contributed by atoms with E-state index in [1.165, 1.54) is 19.3 Å². The van der Waals surface area contributed by atoms with Gasteiger partial charge in [0.1, 0.15) is 5.75 Å². The van der Waals surface area contributed by atoms with Crippen LogP contribution in [0.4, 0.5) is 0 Å². The number of phenolic OH excluding ortho intramolecular Hbond substituents is 1. The van der Waals surface area contributed by atoms with Gasteiger partial charge in [0, 0.05) is 23.2 Å². The normalized spacial score (nSPS) is 22.9. The molecule has 17 heavy (non-hydrogen) atoms. The predicted molar refractivity (Wildman–Crippen MR) is 71.4 cm³/mol. The lowest BCUT2D eigenvalue weighted by molar-refractivity contribution is 0.363. The van der Waals surface area contributed by atoms with E-state index in [0.717, 1.165) is 5.56 Å². The highest BCUT2D eigenvalue weighted by molar-refractivity contribution is 6.30. The zero-order valence-corrected chi connectivity index (χ0v) is 11.2. The number of aromatic hydroxyl groups is 1. The van der Waals surface area contributed by atoms with Gasteiger partial charge in [0.15, 0.2) is 0 Å². The fourth-order valence-electron chi connectivity index (χ4n) is 2.56. The Balaban J connectivity index is 1.92. The summed E-state index contributed by atoms with van der Waals surface area (Å²) in [4.78, 5) is 0. The van der Waals surface area contributed by atoms with Crippen molar-refractivity contribution in [3.8, 4) is 5.75 Å². The molecule has 0 radical (unpaired) electrons. The first-order valence-corrected chi connectivity index (χ1v) is 6.55. The minimum atomic E-state index is 0.319. The maximum atomic E-state index is 9.71. The van der Waals surface area contributed by atoms with Gasteiger partial charge >= 0.3 is 0 Å². The average Bonchev–Trinajstić information content (AvgIpc) is 2.60. The van der Waals surface area contributed by atoms with E-state index in [-0.39, 0.29) is 0 Å². The average molecular weight is 254 g/mol. The van der Waals surface area contributed by atoms with Gasteiger partial charge in [0.05, 0.1) is 0 Å². The molecular weight excluding hydrogens is 234 g/mol. The van der Waals surface area contributed by atoms with Crippen molar-refractivity contribution in [2.45, 2.75) is 45.7 Å². The Morgan fingerprint density at radius 3 is 2.88 bits per heavy atom. The van der Waals surface area contributed by atoms with Gasteiger partial charge in [-0.1, -0.05) is 25.4 Å². The smallest absolute Gasteiger partial charge is 0.120 e. The fourth-order valence-corrected chi connectivity index (χ4v) is 2.76. The third-order valence-corrected chi connectivity index (χ3v) is 3.83. The Bertz CT molecular complexity index is 403. The van der Waals surface area contributed by atoms with E-state index in [9.17, 15) is 5.11 Å².